The fourth-order valence-electron chi connectivity index (χ4n) is 4.38. The monoisotopic (exact) mass is 429 g/mol. The van der Waals surface area contributed by atoms with Gasteiger partial charge in [0.05, 0.1) is 29.2 Å². The van der Waals surface area contributed by atoms with Crippen molar-refractivity contribution in [3.63, 3.8) is 0 Å². The van der Waals surface area contributed by atoms with E-state index in [4.69, 9.17) is 5.10 Å². The molecule has 7 heteroatoms. The molecule has 0 saturated heterocycles. The van der Waals surface area contributed by atoms with Gasteiger partial charge >= 0.3 is 0 Å². The van der Waals surface area contributed by atoms with Crippen molar-refractivity contribution in [3.05, 3.63) is 88.6 Å². The number of fused-ring (bicyclic) bond motifs is 1. The summed E-state index contributed by atoms with van der Waals surface area (Å²) in [6, 6.07) is 16.0. The Kier molecular flexibility index (Phi) is 5.09. The van der Waals surface area contributed by atoms with Crippen LogP contribution in [0.4, 0.5) is 10.2 Å². The van der Waals surface area contributed by atoms with E-state index in [1.807, 2.05) is 48.9 Å². The quantitative estimate of drug-likeness (QED) is 0.509. The van der Waals surface area contributed by atoms with Gasteiger partial charge in [-0.1, -0.05) is 18.2 Å². The Morgan fingerprint density at radius 2 is 1.69 bits per heavy atom. The number of aryl methyl sites for hydroxylation is 2. The first kappa shape index (κ1) is 20.2. The Labute approximate surface area is 185 Å². The van der Waals surface area contributed by atoms with Gasteiger partial charge in [-0.2, -0.15) is 10.2 Å². The first-order valence-corrected chi connectivity index (χ1v) is 10.8. The number of nitrogens with one attached hydrogen (secondary N) is 1. The van der Waals surface area contributed by atoms with Gasteiger partial charge in [0.1, 0.15) is 11.6 Å². The number of hydrogen-bond acceptors (Lipinski definition) is 3. The van der Waals surface area contributed by atoms with Gasteiger partial charge in [-0.3, -0.25) is 4.79 Å². The van der Waals surface area contributed by atoms with Crippen LogP contribution in [0.25, 0.3) is 11.4 Å². The summed E-state index contributed by atoms with van der Waals surface area (Å²) in [5, 5.41) is 12.5. The Balaban J connectivity index is 1.42. The molecule has 0 fully saturated rings. The van der Waals surface area contributed by atoms with E-state index in [1.165, 1.54) is 12.1 Å². The van der Waals surface area contributed by atoms with Gasteiger partial charge in [0.15, 0.2) is 0 Å². The minimum atomic E-state index is -0.294. The first-order chi connectivity index (χ1) is 15.5. The Bertz CT molecular complexity index is 1290. The highest BCUT2D eigenvalue weighted by Gasteiger charge is 2.25. The number of amides is 1. The third-order valence-electron chi connectivity index (χ3n) is 6.02. The van der Waals surface area contributed by atoms with Crippen LogP contribution in [0.2, 0.25) is 0 Å². The molecule has 162 valence electrons. The molecule has 5 rings (SSSR count). The number of hydrogen-bond donors (Lipinski definition) is 1. The number of benzene rings is 2. The van der Waals surface area contributed by atoms with Crippen molar-refractivity contribution in [1.29, 1.82) is 0 Å². The number of rotatable bonds is 5. The van der Waals surface area contributed by atoms with Gasteiger partial charge in [0.25, 0.3) is 0 Å². The summed E-state index contributed by atoms with van der Waals surface area (Å²) in [6.07, 6.45) is 3.10. The Morgan fingerprint density at radius 1 is 0.969 bits per heavy atom. The summed E-state index contributed by atoms with van der Waals surface area (Å²) in [7, 11) is 0. The van der Waals surface area contributed by atoms with Crippen LogP contribution in [0.5, 0.6) is 0 Å². The summed E-state index contributed by atoms with van der Waals surface area (Å²) in [6.45, 7) is 3.82. The van der Waals surface area contributed by atoms with Crippen LogP contribution in [0, 0.1) is 19.7 Å². The zero-order valence-electron chi connectivity index (χ0n) is 18.1. The van der Waals surface area contributed by atoms with Gasteiger partial charge < -0.3 is 5.32 Å². The van der Waals surface area contributed by atoms with Gasteiger partial charge in [-0.05, 0) is 69.5 Å². The molecule has 0 spiro atoms. The van der Waals surface area contributed by atoms with Crippen molar-refractivity contribution in [2.24, 2.45) is 0 Å². The average Bonchev–Trinajstić information content (AvgIpc) is 3.46. The maximum Gasteiger partial charge on any atom is 0.230 e. The van der Waals surface area contributed by atoms with Crippen LogP contribution in [-0.2, 0) is 24.1 Å². The predicted octanol–water partition coefficient (Wildman–Crippen LogP) is 4.48. The molecular formula is C25H24FN5O. The van der Waals surface area contributed by atoms with E-state index in [2.05, 4.69) is 10.4 Å². The lowest BCUT2D eigenvalue weighted by Gasteiger charge is -2.11. The lowest BCUT2D eigenvalue weighted by Crippen LogP contribution is -2.19. The van der Waals surface area contributed by atoms with Gasteiger partial charge in [-0.25, -0.2) is 13.8 Å². The molecule has 2 aromatic carbocycles. The molecule has 0 bridgehead atoms. The largest absolute Gasteiger partial charge is 0.310 e. The fraction of sp³-hybridized carbons (Fsp3) is 0.240. The van der Waals surface area contributed by atoms with E-state index in [0.29, 0.717) is 0 Å². The number of halogens is 1. The normalized spacial score (nSPS) is 12.7. The number of nitrogens with zero attached hydrogens (tertiary/aromatic N) is 4. The van der Waals surface area contributed by atoms with Crippen LogP contribution in [0.3, 0.4) is 0 Å². The second-order valence-electron chi connectivity index (χ2n) is 8.14. The van der Waals surface area contributed by atoms with Crippen LogP contribution >= 0.6 is 0 Å². The maximum atomic E-state index is 13.3. The van der Waals surface area contributed by atoms with Crippen molar-refractivity contribution in [3.8, 4) is 11.4 Å². The lowest BCUT2D eigenvalue weighted by molar-refractivity contribution is -0.115. The minimum absolute atomic E-state index is 0.110. The van der Waals surface area contributed by atoms with E-state index < -0.39 is 0 Å². The van der Waals surface area contributed by atoms with Crippen molar-refractivity contribution in [1.82, 2.24) is 19.6 Å². The molecule has 1 aliphatic rings. The predicted molar refractivity (Wildman–Crippen MR) is 121 cm³/mol. The molecule has 0 unspecified atom stereocenters. The standard InChI is InChI=1S/C25H24FN5O/c1-16-22(17(2)30(28-16)20-13-11-18(26)12-14-20)15-24(32)27-25-21-9-6-10-23(21)29-31(25)19-7-4-3-5-8-19/h3-5,7-8,11-14H,6,9-10,15H2,1-2H3,(H,27,32). The number of carbonyl (C=O) groups is 1. The first-order valence-electron chi connectivity index (χ1n) is 10.8. The van der Waals surface area contributed by atoms with Crippen molar-refractivity contribution >= 4 is 11.7 Å². The van der Waals surface area contributed by atoms with E-state index in [0.717, 1.165) is 64.7 Å². The van der Waals surface area contributed by atoms with Crippen molar-refractivity contribution in [2.75, 3.05) is 5.32 Å². The molecule has 2 aromatic heterocycles. The van der Waals surface area contributed by atoms with Gasteiger partial charge in [-0.15, -0.1) is 0 Å². The Hall–Kier alpha value is -3.74. The molecule has 4 aromatic rings. The maximum absolute atomic E-state index is 13.3. The number of aromatic nitrogens is 4. The lowest BCUT2D eigenvalue weighted by atomic mass is 10.1. The highest BCUT2D eigenvalue weighted by atomic mass is 19.1. The third-order valence-corrected chi connectivity index (χ3v) is 6.02. The van der Waals surface area contributed by atoms with Crippen LogP contribution in [-0.4, -0.2) is 25.5 Å². The molecule has 1 aliphatic carbocycles. The summed E-state index contributed by atoms with van der Waals surface area (Å²) < 4.78 is 16.9. The van der Waals surface area contributed by atoms with Gasteiger partial charge in [0.2, 0.25) is 5.91 Å². The second-order valence-corrected chi connectivity index (χ2v) is 8.14. The molecule has 0 atom stereocenters. The summed E-state index contributed by atoms with van der Waals surface area (Å²) in [5.74, 6) is 0.356. The molecule has 0 aliphatic heterocycles. The zero-order valence-corrected chi connectivity index (χ0v) is 18.1. The SMILES string of the molecule is Cc1nn(-c2ccc(F)cc2)c(C)c1CC(=O)Nc1c2c(nn1-c1ccccc1)CCC2. The van der Waals surface area contributed by atoms with E-state index in [9.17, 15) is 9.18 Å². The van der Waals surface area contributed by atoms with Crippen LogP contribution in [0.15, 0.2) is 54.6 Å². The molecule has 1 amide bonds. The summed E-state index contributed by atoms with van der Waals surface area (Å²) in [5.41, 5.74) is 6.38. The summed E-state index contributed by atoms with van der Waals surface area (Å²) >= 11 is 0. The Morgan fingerprint density at radius 3 is 2.44 bits per heavy atom. The molecular weight excluding hydrogens is 405 g/mol. The summed E-state index contributed by atoms with van der Waals surface area (Å²) in [4.78, 5) is 13.1. The molecule has 1 N–H and O–H groups in total. The van der Waals surface area contributed by atoms with E-state index in [1.54, 1.807) is 16.8 Å². The van der Waals surface area contributed by atoms with Crippen molar-refractivity contribution in [2.45, 2.75) is 39.5 Å². The molecule has 0 radical (unpaired) electrons. The average molecular weight is 429 g/mol. The minimum Gasteiger partial charge on any atom is -0.310 e. The smallest absolute Gasteiger partial charge is 0.230 e. The zero-order chi connectivity index (χ0) is 22.2. The highest BCUT2D eigenvalue weighted by molar-refractivity contribution is 5.93. The fourth-order valence-corrected chi connectivity index (χ4v) is 4.38. The topological polar surface area (TPSA) is 64.7 Å². The van der Waals surface area contributed by atoms with Crippen LogP contribution < -0.4 is 5.32 Å². The van der Waals surface area contributed by atoms with E-state index >= 15 is 0 Å². The van der Waals surface area contributed by atoms with E-state index in [-0.39, 0.29) is 18.1 Å². The molecule has 2 heterocycles. The highest BCUT2D eigenvalue weighted by Crippen LogP contribution is 2.31. The van der Waals surface area contributed by atoms with Crippen molar-refractivity contribution < 1.29 is 9.18 Å². The number of carbonyl (C=O) groups excluding carboxylic acids is 1. The molecule has 32 heavy (non-hydrogen) atoms. The second kappa shape index (κ2) is 8.07. The van der Waals surface area contributed by atoms with Gasteiger partial charge in [0, 0.05) is 16.8 Å². The number of para-hydroxylation sites is 1. The third kappa shape index (κ3) is 3.60. The van der Waals surface area contributed by atoms with Crippen LogP contribution in [0.1, 0.15) is 34.6 Å². The number of anilines is 1. The molecule has 0 saturated carbocycles. The molecule has 6 nitrogen and oxygen atoms in total.